The van der Waals surface area contributed by atoms with Crippen LogP contribution in [0, 0.1) is 6.92 Å². The fourth-order valence-corrected chi connectivity index (χ4v) is 1.74. The number of carbonyl (C=O) groups is 1. The Morgan fingerprint density at radius 1 is 1.41 bits per heavy atom. The SMILES string of the molecule is Cc1cccc(C(=O)NC(C)(CO)CO)c1Br. The maximum absolute atomic E-state index is 12.0. The van der Waals surface area contributed by atoms with E-state index in [4.69, 9.17) is 10.2 Å². The third kappa shape index (κ3) is 3.28. The number of rotatable bonds is 4. The van der Waals surface area contributed by atoms with Gasteiger partial charge < -0.3 is 15.5 Å². The molecule has 0 aliphatic rings. The Kier molecular flexibility index (Phi) is 4.68. The van der Waals surface area contributed by atoms with Crippen molar-refractivity contribution in [1.82, 2.24) is 5.32 Å². The van der Waals surface area contributed by atoms with E-state index in [9.17, 15) is 4.79 Å². The van der Waals surface area contributed by atoms with E-state index < -0.39 is 5.54 Å². The van der Waals surface area contributed by atoms with Crippen LogP contribution in [0.15, 0.2) is 22.7 Å². The van der Waals surface area contributed by atoms with Crippen LogP contribution in [0.2, 0.25) is 0 Å². The molecule has 0 unspecified atom stereocenters. The topological polar surface area (TPSA) is 69.6 Å². The predicted octanol–water partition coefficient (Wildman–Crippen LogP) is 1.23. The summed E-state index contributed by atoms with van der Waals surface area (Å²) in [6, 6.07) is 5.35. The molecule has 17 heavy (non-hydrogen) atoms. The molecule has 0 aliphatic carbocycles. The van der Waals surface area contributed by atoms with Gasteiger partial charge in [0.25, 0.3) is 5.91 Å². The van der Waals surface area contributed by atoms with Gasteiger partial charge in [0.15, 0.2) is 0 Å². The van der Waals surface area contributed by atoms with Gasteiger partial charge in [0, 0.05) is 4.47 Å². The van der Waals surface area contributed by atoms with Gasteiger partial charge in [0.1, 0.15) is 0 Å². The molecule has 0 heterocycles. The minimum atomic E-state index is -1.01. The Labute approximate surface area is 109 Å². The molecule has 0 bridgehead atoms. The molecular formula is C12H16BrNO3. The van der Waals surface area contributed by atoms with Crippen molar-refractivity contribution in [3.63, 3.8) is 0 Å². The number of amides is 1. The second-order valence-corrected chi connectivity index (χ2v) is 5.06. The molecule has 1 aromatic rings. The maximum atomic E-state index is 12.0. The van der Waals surface area contributed by atoms with Crippen molar-refractivity contribution >= 4 is 21.8 Å². The van der Waals surface area contributed by atoms with Gasteiger partial charge in [-0.3, -0.25) is 4.79 Å². The van der Waals surface area contributed by atoms with Crippen LogP contribution in [0.4, 0.5) is 0 Å². The predicted molar refractivity (Wildman–Crippen MR) is 68.9 cm³/mol. The molecule has 0 aromatic heterocycles. The molecule has 0 radical (unpaired) electrons. The van der Waals surface area contributed by atoms with Gasteiger partial charge in [-0.25, -0.2) is 0 Å². The number of halogens is 1. The molecule has 1 amide bonds. The first-order valence-corrected chi connectivity index (χ1v) is 6.02. The van der Waals surface area contributed by atoms with Crippen molar-refractivity contribution < 1.29 is 15.0 Å². The van der Waals surface area contributed by atoms with Gasteiger partial charge in [-0.15, -0.1) is 0 Å². The highest BCUT2D eigenvalue weighted by Crippen LogP contribution is 2.21. The lowest BCUT2D eigenvalue weighted by atomic mass is 10.0. The largest absolute Gasteiger partial charge is 0.394 e. The van der Waals surface area contributed by atoms with Gasteiger partial charge in [-0.05, 0) is 41.4 Å². The first-order chi connectivity index (χ1) is 7.93. The first-order valence-electron chi connectivity index (χ1n) is 5.23. The minimum absolute atomic E-state index is 0.321. The smallest absolute Gasteiger partial charge is 0.253 e. The summed E-state index contributed by atoms with van der Waals surface area (Å²) in [6.07, 6.45) is 0. The highest BCUT2D eigenvalue weighted by molar-refractivity contribution is 9.10. The Morgan fingerprint density at radius 2 is 2.00 bits per heavy atom. The van der Waals surface area contributed by atoms with Crippen molar-refractivity contribution in [3.05, 3.63) is 33.8 Å². The summed E-state index contributed by atoms with van der Waals surface area (Å²) in [5, 5.41) is 20.8. The molecule has 1 aromatic carbocycles. The number of aliphatic hydroxyl groups is 2. The molecular weight excluding hydrogens is 286 g/mol. The van der Waals surface area contributed by atoms with E-state index in [0.29, 0.717) is 5.56 Å². The van der Waals surface area contributed by atoms with Crippen LogP contribution in [-0.4, -0.2) is 34.9 Å². The first kappa shape index (κ1) is 14.2. The summed E-state index contributed by atoms with van der Waals surface area (Å²) in [4.78, 5) is 12.0. The van der Waals surface area contributed by atoms with Gasteiger partial charge in [-0.2, -0.15) is 0 Å². The van der Waals surface area contributed by atoms with Crippen LogP contribution in [0.3, 0.4) is 0 Å². The van der Waals surface area contributed by atoms with Crippen LogP contribution in [0.25, 0.3) is 0 Å². The second kappa shape index (κ2) is 5.62. The molecule has 0 aliphatic heterocycles. The Balaban J connectivity index is 2.94. The van der Waals surface area contributed by atoms with Crippen LogP contribution in [0.5, 0.6) is 0 Å². The summed E-state index contributed by atoms with van der Waals surface area (Å²) in [7, 11) is 0. The van der Waals surface area contributed by atoms with Crippen molar-refractivity contribution in [2.45, 2.75) is 19.4 Å². The van der Waals surface area contributed by atoms with E-state index >= 15 is 0 Å². The maximum Gasteiger partial charge on any atom is 0.253 e. The Hall–Kier alpha value is -0.910. The van der Waals surface area contributed by atoms with Crippen LogP contribution < -0.4 is 5.32 Å². The van der Waals surface area contributed by atoms with Crippen molar-refractivity contribution in [2.75, 3.05) is 13.2 Å². The summed E-state index contributed by atoms with van der Waals surface area (Å²) < 4.78 is 0.718. The highest BCUT2D eigenvalue weighted by Gasteiger charge is 2.26. The van der Waals surface area contributed by atoms with Crippen molar-refractivity contribution in [1.29, 1.82) is 0 Å². The molecule has 0 atom stereocenters. The minimum Gasteiger partial charge on any atom is -0.394 e. The number of hydrogen-bond acceptors (Lipinski definition) is 3. The lowest BCUT2D eigenvalue weighted by Gasteiger charge is -2.26. The van der Waals surface area contributed by atoms with E-state index in [1.807, 2.05) is 13.0 Å². The number of carbonyl (C=O) groups excluding carboxylic acids is 1. The second-order valence-electron chi connectivity index (χ2n) is 4.27. The van der Waals surface area contributed by atoms with Gasteiger partial charge in [0.2, 0.25) is 0 Å². The fourth-order valence-electron chi connectivity index (χ4n) is 1.29. The van der Waals surface area contributed by atoms with Crippen LogP contribution in [-0.2, 0) is 0 Å². The van der Waals surface area contributed by atoms with Gasteiger partial charge in [0.05, 0.1) is 24.3 Å². The molecule has 0 saturated heterocycles. The molecule has 1 rings (SSSR count). The number of hydrogen-bond donors (Lipinski definition) is 3. The molecule has 5 heteroatoms. The number of benzene rings is 1. The molecule has 0 fully saturated rings. The number of nitrogens with one attached hydrogen (secondary N) is 1. The summed E-state index contributed by atoms with van der Waals surface area (Å²) in [6.45, 7) is 2.82. The normalized spacial score (nSPS) is 11.4. The number of aliphatic hydroxyl groups excluding tert-OH is 2. The summed E-state index contributed by atoms with van der Waals surface area (Å²) >= 11 is 3.35. The van der Waals surface area contributed by atoms with Gasteiger partial charge >= 0.3 is 0 Å². The van der Waals surface area contributed by atoms with E-state index in [2.05, 4.69) is 21.2 Å². The Bertz CT molecular complexity index is 416. The highest BCUT2D eigenvalue weighted by atomic mass is 79.9. The zero-order chi connectivity index (χ0) is 13.1. The third-order valence-corrected chi connectivity index (χ3v) is 3.60. The summed E-state index contributed by atoms with van der Waals surface area (Å²) in [5.74, 6) is -0.328. The standard InChI is InChI=1S/C12H16BrNO3/c1-8-4-3-5-9(10(8)13)11(17)14-12(2,6-15)7-16/h3-5,15-16H,6-7H2,1-2H3,(H,14,17). The van der Waals surface area contributed by atoms with Crippen molar-refractivity contribution in [3.8, 4) is 0 Å². The molecule has 0 saturated carbocycles. The lowest BCUT2D eigenvalue weighted by Crippen LogP contribution is -2.51. The van der Waals surface area contributed by atoms with Crippen LogP contribution >= 0.6 is 15.9 Å². The Morgan fingerprint density at radius 3 is 2.53 bits per heavy atom. The van der Waals surface area contributed by atoms with Crippen LogP contribution in [0.1, 0.15) is 22.8 Å². The van der Waals surface area contributed by atoms with E-state index in [-0.39, 0.29) is 19.1 Å². The number of aryl methyl sites for hydroxylation is 1. The average molecular weight is 302 g/mol. The quantitative estimate of drug-likeness (QED) is 0.783. The molecule has 4 nitrogen and oxygen atoms in total. The molecule has 94 valence electrons. The summed E-state index contributed by atoms with van der Waals surface area (Å²) in [5.41, 5.74) is 0.422. The molecule has 0 spiro atoms. The van der Waals surface area contributed by atoms with E-state index in [1.165, 1.54) is 0 Å². The lowest BCUT2D eigenvalue weighted by molar-refractivity contribution is 0.0723. The fraction of sp³-hybridized carbons (Fsp3) is 0.417. The zero-order valence-electron chi connectivity index (χ0n) is 9.83. The van der Waals surface area contributed by atoms with E-state index in [1.54, 1.807) is 19.1 Å². The van der Waals surface area contributed by atoms with Gasteiger partial charge in [-0.1, -0.05) is 12.1 Å². The molecule has 3 N–H and O–H groups in total. The van der Waals surface area contributed by atoms with E-state index in [0.717, 1.165) is 10.0 Å². The monoisotopic (exact) mass is 301 g/mol. The third-order valence-electron chi connectivity index (χ3n) is 2.55. The van der Waals surface area contributed by atoms with Crippen molar-refractivity contribution in [2.24, 2.45) is 0 Å². The zero-order valence-corrected chi connectivity index (χ0v) is 11.4. The average Bonchev–Trinajstić information content (AvgIpc) is 2.32.